The topological polar surface area (TPSA) is 34.1 Å². The van der Waals surface area contributed by atoms with Gasteiger partial charge in [-0.05, 0) is 31.7 Å². The quantitative estimate of drug-likeness (QED) is 0.928. The molecule has 1 N–H and O–H groups in total. The van der Waals surface area contributed by atoms with E-state index in [2.05, 4.69) is 10.3 Å². The van der Waals surface area contributed by atoms with Gasteiger partial charge in [-0.15, -0.1) is 0 Å². The Kier molecular flexibility index (Phi) is 4.47. The molecular weight excluding hydrogens is 281 g/mol. The molecule has 1 aromatic heterocycles. The predicted molar refractivity (Wildman–Crippen MR) is 73.3 cm³/mol. The highest BCUT2D eigenvalue weighted by atomic mass is 19.4. The van der Waals surface area contributed by atoms with Crippen molar-refractivity contribution in [3.05, 3.63) is 53.2 Å². The van der Waals surface area contributed by atoms with Crippen molar-refractivity contribution < 1.29 is 17.9 Å². The van der Waals surface area contributed by atoms with Crippen LogP contribution in [-0.2, 0) is 12.7 Å². The highest BCUT2D eigenvalue weighted by Gasteiger charge is 2.34. The summed E-state index contributed by atoms with van der Waals surface area (Å²) in [6.45, 7) is 2.42. The van der Waals surface area contributed by atoms with Crippen molar-refractivity contribution in [2.45, 2.75) is 19.6 Å². The summed E-state index contributed by atoms with van der Waals surface area (Å²) in [5, 5.41) is 2.99. The molecule has 0 unspecified atom stereocenters. The lowest BCUT2D eigenvalue weighted by Gasteiger charge is -2.13. The summed E-state index contributed by atoms with van der Waals surface area (Å²) in [6.07, 6.45) is -4.46. The lowest BCUT2D eigenvalue weighted by molar-refractivity contribution is -0.138. The lowest BCUT2D eigenvalue weighted by atomic mass is 10.2. The van der Waals surface area contributed by atoms with E-state index in [-0.39, 0.29) is 11.6 Å². The highest BCUT2D eigenvalue weighted by molar-refractivity contribution is 5.38. The molecule has 0 aliphatic heterocycles. The van der Waals surface area contributed by atoms with Gasteiger partial charge in [0.1, 0.15) is 5.75 Å². The zero-order valence-corrected chi connectivity index (χ0v) is 11.7. The smallest absolute Gasteiger partial charge is 0.419 e. The van der Waals surface area contributed by atoms with Gasteiger partial charge < -0.3 is 10.1 Å². The maximum atomic E-state index is 12.9. The zero-order valence-electron chi connectivity index (χ0n) is 11.7. The minimum atomic E-state index is -4.46. The molecular formula is C15H15F3N2O. The van der Waals surface area contributed by atoms with Crippen molar-refractivity contribution in [1.82, 2.24) is 10.3 Å². The number of para-hydroxylation sites is 1. The van der Waals surface area contributed by atoms with E-state index in [0.29, 0.717) is 12.2 Å². The Morgan fingerprint density at radius 1 is 1.14 bits per heavy atom. The summed E-state index contributed by atoms with van der Waals surface area (Å²) in [4.78, 5) is 4.18. The first-order chi connectivity index (χ1) is 9.91. The van der Waals surface area contributed by atoms with Crippen LogP contribution in [0.2, 0.25) is 0 Å². The van der Waals surface area contributed by atoms with Crippen molar-refractivity contribution in [1.29, 1.82) is 0 Å². The van der Waals surface area contributed by atoms with Gasteiger partial charge >= 0.3 is 6.18 Å². The molecule has 6 heteroatoms. The van der Waals surface area contributed by atoms with Gasteiger partial charge in [0.15, 0.2) is 0 Å². The summed E-state index contributed by atoms with van der Waals surface area (Å²) < 4.78 is 44.0. The molecule has 0 spiro atoms. The Labute approximate surface area is 120 Å². The number of hydrogen-bond donors (Lipinski definition) is 1. The van der Waals surface area contributed by atoms with Gasteiger partial charge in [0.05, 0.1) is 5.56 Å². The standard InChI is InChI=1S/C15H15F3N2O/c1-10-11(9-19-2)7-8-14(20-10)21-13-6-4-3-5-12(13)15(16,17)18/h3-8,19H,9H2,1-2H3. The highest BCUT2D eigenvalue weighted by Crippen LogP contribution is 2.37. The first-order valence-electron chi connectivity index (χ1n) is 6.37. The third kappa shape index (κ3) is 3.72. The van der Waals surface area contributed by atoms with Gasteiger partial charge in [-0.25, -0.2) is 4.98 Å². The van der Waals surface area contributed by atoms with Gasteiger partial charge in [-0.2, -0.15) is 13.2 Å². The molecule has 112 valence electrons. The fourth-order valence-electron chi connectivity index (χ4n) is 1.90. The maximum Gasteiger partial charge on any atom is 0.419 e. The predicted octanol–water partition coefficient (Wildman–Crippen LogP) is 3.92. The summed E-state index contributed by atoms with van der Waals surface area (Å²) in [6, 6.07) is 8.42. The third-order valence-corrected chi connectivity index (χ3v) is 2.94. The number of ether oxygens (including phenoxy) is 1. The molecule has 2 rings (SSSR count). The average Bonchev–Trinajstić information content (AvgIpc) is 2.41. The molecule has 0 saturated carbocycles. The summed E-state index contributed by atoms with van der Waals surface area (Å²) in [5.74, 6) is -0.109. The van der Waals surface area contributed by atoms with Crippen LogP contribution in [0.3, 0.4) is 0 Å². The normalized spacial score (nSPS) is 11.5. The third-order valence-electron chi connectivity index (χ3n) is 2.94. The van der Waals surface area contributed by atoms with Crippen LogP contribution < -0.4 is 10.1 Å². The average molecular weight is 296 g/mol. The van der Waals surface area contributed by atoms with E-state index in [1.165, 1.54) is 18.2 Å². The molecule has 1 aromatic carbocycles. The monoisotopic (exact) mass is 296 g/mol. The molecule has 0 aliphatic rings. The van der Waals surface area contributed by atoms with E-state index in [0.717, 1.165) is 11.6 Å². The van der Waals surface area contributed by atoms with Gasteiger partial charge in [0, 0.05) is 18.3 Å². The second-order valence-corrected chi connectivity index (χ2v) is 4.52. The van der Waals surface area contributed by atoms with E-state index in [1.807, 2.05) is 7.05 Å². The molecule has 1 heterocycles. The molecule has 0 saturated heterocycles. The second-order valence-electron chi connectivity index (χ2n) is 4.52. The minimum absolute atomic E-state index is 0.143. The van der Waals surface area contributed by atoms with Crippen LogP contribution in [0.1, 0.15) is 16.8 Å². The number of hydrogen-bond acceptors (Lipinski definition) is 3. The molecule has 0 radical (unpaired) electrons. The number of alkyl halides is 3. The molecule has 21 heavy (non-hydrogen) atoms. The second kappa shape index (κ2) is 6.13. The number of pyridine rings is 1. The fraction of sp³-hybridized carbons (Fsp3) is 0.267. The zero-order chi connectivity index (χ0) is 15.5. The van der Waals surface area contributed by atoms with Gasteiger partial charge in [0.25, 0.3) is 0 Å². The molecule has 0 bridgehead atoms. The Balaban J connectivity index is 2.29. The molecule has 0 aliphatic carbocycles. The summed E-state index contributed by atoms with van der Waals surface area (Å²) in [7, 11) is 1.81. The summed E-state index contributed by atoms with van der Waals surface area (Å²) in [5.41, 5.74) is 0.865. The number of aryl methyl sites for hydroxylation is 1. The number of rotatable bonds is 4. The fourth-order valence-corrected chi connectivity index (χ4v) is 1.90. The van der Waals surface area contributed by atoms with Gasteiger partial charge in [-0.1, -0.05) is 18.2 Å². The van der Waals surface area contributed by atoms with E-state index in [4.69, 9.17) is 4.74 Å². The Morgan fingerprint density at radius 2 is 1.86 bits per heavy atom. The maximum absolute atomic E-state index is 12.9. The molecule has 0 amide bonds. The number of nitrogens with zero attached hydrogens (tertiary/aromatic N) is 1. The van der Waals surface area contributed by atoms with Crippen LogP contribution in [-0.4, -0.2) is 12.0 Å². The van der Waals surface area contributed by atoms with E-state index < -0.39 is 11.7 Å². The molecule has 2 aromatic rings. The summed E-state index contributed by atoms with van der Waals surface area (Å²) >= 11 is 0. The minimum Gasteiger partial charge on any atom is -0.438 e. The van der Waals surface area contributed by atoms with Crippen molar-refractivity contribution in [3.8, 4) is 11.6 Å². The van der Waals surface area contributed by atoms with Crippen molar-refractivity contribution in [2.24, 2.45) is 0 Å². The van der Waals surface area contributed by atoms with Crippen LogP contribution in [0.5, 0.6) is 11.6 Å². The van der Waals surface area contributed by atoms with Gasteiger partial charge in [0.2, 0.25) is 5.88 Å². The Hall–Kier alpha value is -2.08. The SMILES string of the molecule is CNCc1ccc(Oc2ccccc2C(F)(F)F)nc1C. The molecule has 0 atom stereocenters. The van der Waals surface area contributed by atoms with Crippen molar-refractivity contribution in [2.75, 3.05) is 7.05 Å². The van der Waals surface area contributed by atoms with E-state index >= 15 is 0 Å². The molecule has 0 fully saturated rings. The van der Waals surface area contributed by atoms with Gasteiger partial charge in [-0.3, -0.25) is 0 Å². The molecule has 3 nitrogen and oxygen atoms in total. The van der Waals surface area contributed by atoms with Crippen LogP contribution in [0.25, 0.3) is 0 Å². The number of nitrogens with one attached hydrogen (secondary N) is 1. The van der Waals surface area contributed by atoms with Crippen LogP contribution in [0.4, 0.5) is 13.2 Å². The number of aromatic nitrogens is 1. The van der Waals surface area contributed by atoms with Crippen LogP contribution in [0, 0.1) is 6.92 Å². The van der Waals surface area contributed by atoms with E-state index in [1.54, 1.807) is 19.1 Å². The first-order valence-corrected chi connectivity index (χ1v) is 6.37. The lowest BCUT2D eigenvalue weighted by Crippen LogP contribution is -2.09. The van der Waals surface area contributed by atoms with E-state index in [9.17, 15) is 13.2 Å². The largest absolute Gasteiger partial charge is 0.438 e. The number of halogens is 3. The van der Waals surface area contributed by atoms with Crippen LogP contribution in [0.15, 0.2) is 36.4 Å². The van der Waals surface area contributed by atoms with Crippen molar-refractivity contribution >= 4 is 0 Å². The van der Waals surface area contributed by atoms with Crippen molar-refractivity contribution in [3.63, 3.8) is 0 Å². The Morgan fingerprint density at radius 3 is 2.48 bits per heavy atom. The Bertz CT molecular complexity index is 627. The number of benzene rings is 1. The first kappa shape index (κ1) is 15.3. The van der Waals surface area contributed by atoms with Crippen LogP contribution >= 0.6 is 0 Å².